The Kier molecular flexibility index (Phi) is 4.09. The third-order valence-electron chi connectivity index (χ3n) is 2.64. The molecule has 0 saturated carbocycles. The van der Waals surface area contributed by atoms with Gasteiger partial charge in [-0.15, -0.1) is 0 Å². The van der Waals surface area contributed by atoms with Crippen LogP contribution in [0.3, 0.4) is 0 Å². The minimum Gasteiger partial charge on any atom is -0.388 e. The minimum absolute atomic E-state index is 0.365. The van der Waals surface area contributed by atoms with Crippen LogP contribution in [0, 0.1) is 12.7 Å². The molecular weight excluding hydrogens is 297 g/mol. The quantitative estimate of drug-likeness (QED) is 0.940. The van der Waals surface area contributed by atoms with Gasteiger partial charge in [0.05, 0.1) is 6.10 Å². The van der Waals surface area contributed by atoms with Crippen molar-refractivity contribution in [3.05, 3.63) is 63.6 Å². The molecule has 2 nitrogen and oxygen atoms in total. The van der Waals surface area contributed by atoms with E-state index in [0.717, 1.165) is 11.3 Å². The molecule has 1 N–H and O–H groups in total. The lowest BCUT2D eigenvalue weighted by Crippen LogP contribution is -2.04. The maximum atomic E-state index is 13.2. The average molecular weight is 310 g/mol. The molecule has 0 saturated heterocycles. The van der Waals surface area contributed by atoms with Gasteiger partial charge in [-0.25, -0.2) is 4.39 Å². The predicted octanol–water partition coefficient (Wildman–Crippen LogP) is 3.57. The van der Waals surface area contributed by atoms with Crippen LogP contribution in [0.2, 0.25) is 0 Å². The summed E-state index contributed by atoms with van der Waals surface area (Å²) in [4.78, 5) is 4.22. The first kappa shape index (κ1) is 13.2. The van der Waals surface area contributed by atoms with E-state index >= 15 is 0 Å². The number of benzene rings is 1. The van der Waals surface area contributed by atoms with Gasteiger partial charge in [0.2, 0.25) is 0 Å². The van der Waals surface area contributed by atoms with Gasteiger partial charge in [0.15, 0.2) is 0 Å². The molecule has 2 aromatic rings. The number of hydrogen-bond acceptors (Lipinski definition) is 2. The Morgan fingerprint density at radius 3 is 2.72 bits per heavy atom. The van der Waals surface area contributed by atoms with Crippen molar-refractivity contribution < 1.29 is 9.50 Å². The van der Waals surface area contributed by atoms with Crippen molar-refractivity contribution in [1.82, 2.24) is 4.98 Å². The maximum Gasteiger partial charge on any atom is 0.124 e. The molecule has 0 fully saturated rings. The number of hydrogen-bond donors (Lipinski definition) is 1. The van der Waals surface area contributed by atoms with E-state index in [1.54, 1.807) is 12.3 Å². The van der Waals surface area contributed by atoms with E-state index in [0.29, 0.717) is 16.5 Å². The van der Waals surface area contributed by atoms with Crippen molar-refractivity contribution in [2.24, 2.45) is 0 Å². The third kappa shape index (κ3) is 3.37. The van der Waals surface area contributed by atoms with E-state index in [9.17, 15) is 9.50 Å². The van der Waals surface area contributed by atoms with Crippen LogP contribution in [0.15, 0.2) is 41.0 Å². The molecule has 1 heterocycles. The molecule has 1 unspecified atom stereocenters. The number of nitrogens with zero attached hydrogens (tertiary/aromatic N) is 1. The number of aromatic nitrogens is 1. The van der Waals surface area contributed by atoms with E-state index < -0.39 is 6.10 Å². The molecule has 0 aliphatic heterocycles. The van der Waals surface area contributed by atoms with Gasteiger partial charge >= 0.3 is 0 Å². The van der Waals surface area contributed by atoms with E-state index in [4.69, 9.17) is 0 Å². The standard InChI is InChI=1S/C14H13BrFNO/c1-9-2-3-13(17-8-9)7-14(18)10-4-11(15)6-12(16)5-10/h2-6,8,14,18H,7H2,1H3. The van der Waals surface area contributed by atoms with Crippen LogP contribution in [0.25, 0.3) is 0 Å². The lowest BCUT2D eigenvalue weighted by Gasteiger charge is -2.11. The topological polar surface area (TPSA) is 33.1 Å². The first-order valence-corrected chi connectivity index (χ1v) is 6.39. The van der Waals surface area contributed by atoms with Crippen molar-refractivity contribution in [1.29, 1.82) is 0 Å². The van der Waals surface area contributed by atoms with Gasteiger partial charge in [-0.1, -0.05) is 22.0 Å². The van der Waals surface area contributed by atoms with E-state index in [1.165, 1.54) is 12.1 Å². The van der Waals surface area contributed by atoms with Crippen molar-refractivity contribution in [3.63, 3.8) is 0 Å². The van der Waals surface area contributed by atoms with E-state index in [2.05, 4.69) is 20.9 Å². The predicted molar refractivity (Wildman–Crippen MR) is 71.7 cm³/mol. The lowest BCUT2D eigenvalue weighted by molar-refractivity contribution is 0.176. The second-order valence-electron chi connectivity index (χ2n) is 4.25. The highest BCUT2D eigenvalue weighted by atomic mass is 79.9. The zero-order valence-corrected chi connectivity index (χ0v) is 11.5. The largest absolute Gasteiger partial charge is 0.388 e. The van der Waals surface area contributed by atoms with Gasteiger partial charge in [-0.2, -0.15) is 0 Å². The van der Waals surface area contributed by atoms with Gasteiger partial charge in [0, 0.05) is 22.8 Å². The average Bonchev–Trinajstić information content (AvgIpc) is 2.31. The third-order valence-corrected chi connectivity index (χ3v) is 3.10. The summed E-state index contributed by atoms with van der Waals surface area (Å²) in [5.41, 5.74) is 2.40. The van der Waals surface area contributed by atoms with Gasteiger partial charge in [-0.05, 0) is 42.3 Å². The number of rotatable bonds is 3. The summed E-state index contributed by atoms with van der Waals surface area (Å²) in [7, 11) is 0. The Bertz CT molecular complexity index is 522. The summed E-state index contributed by atoms with van der Waals surface area (Å²) in [5.74, 6) is -0.365. The van der Waals surface area contributed by atoms with Crippen LogP contribution < -0.4 is 0 Å². The second-order valence-corrected chi connectivity index (χ2v) is 5.17. The lowest BCUT2D eigenvalue weighted by atomic mass is 10.0. The summed E-state index contributed by atoms with van der Waals surface area (Å²) >= 11 is 3.21. The molecule has 0 amide bonds. The van der Waals surface area contributed by atoms with Crippen LogP contribution in [0.1, 0.15) is 22.9 Å². The van der Waals surface area contributed by atoms with E-state index in [1.807, 2.05) is 19.1 Å². The number of aryl methyl sites for hydroxylation is 1. The van der Waals surface area contributed by atoms with Gasteiger partial charge in [0.1, 0.15) is 5.82 Å². The zero-order chi connectivity index (χ0) is 13.1. The summed E-state index contributed by atoms with van der Waals surface area (Å²) in [6.45, 7) is 1.96. The van der Waals surface area contributed by atoms with Crippen molar-refractivity contribution >= 4 is 15.9 Å². The maximum absolute atomic E-state index is 13.2. The highest BCUT2D eigenvalue weighted by Gasteiger charge is 2.11. The summed E-state index contributed by atoms with van der Waals surface area (Å²) < 4.78 is 13.8. The Balaban J connectivity index is 2.16. The molecule has 0 radical (unpaired) electrons. The fraction of sp³-hybridized carbons (Fsp3) is 0.214. The van der Waals surface area contributed by atoms with Crippen molar-refractivity contribution in [3.8, 4) is 0 Å². The number of aliphatic hydroxyl groups is 1. The van der Waals surface area contributed by atoms with Crippen LogP contribution >= 0.6 is 15.9 Å². The monoisotopic (exact) mass is 309 g/mol. The van der Waals surface area contributed by atoms with Crippen LogP contribution in [-0.2, 0) is 6.42 Å². The summed E-state index contributed by atoms with van der Waals surface area (Å²) in [6, 6.07) is 8.22. The molecule has 1 atom stereocenters. The highest BCUT2D eigenvalue weighted by molar-refractivity contribution is 9.10. The molecule has 1 aromatic heterocycles. The molecule has 4 heteroatoms. The number of halogens is 2. The molecule has 0 bridgehead atoms. The Morgan fingerprint density at radius 2 is 2.11 bits per heavy atom. The van der Waals surface area contributed by atoms with Crippen molar-refractivity contribution in [2.45, 2.75) is 19.4 Å². The Labute approximate surface area is 114 Å². The zero-order valence-electron chi connectivity index (χ0n) is 9.90. The molecule has 0 aliphatic rings. The molecule has 94 valence electrons. The normalized spacial score (nSPS) is 12.4. The van der Waals surface area contributed by atoms with Crippen LogP contribution in [0.4, 0.5) is 4.39 Å². The first-order chi connectivity index (χ1) is 8.54. The van der Waals surface area contributed by atoms with Gasteiger partial charge in [0.25, 0.3) is 0 Å². The fourth-order valence-electron chi connectivity index (χ4n) is 1.70. The van der Waals surface area contributed by atoms with Crippen LogP contribution in [0.5, 0.6) is 0 Å². The molecule has 18 heavy (non-hydrogen) atoms. The highest BCUT2D eigenvalue weighted by Crippen LogP contribution is 2.22. The minimum atomic E-state index is -0.757. The SMILES string of the molecule is Cc1ccc(CC(O)c2cc(F)cc(Br)c2)nc1. The molecule has 0 spiro atoms. The Morgan fingerprint density at radius 1 is 1.33 bits per heavy atom. The summed E-state index contributed by atoms with van der Waals surface area (Å²) in [5, 5.41) is 10.1. The van der Waals surface area contributed by atoms with Crippen molar-refractivity contribution in [2.75, 3.05) is 0 Å². The smallest absolute Gasteiger partial charge is 0.124 e. The number of aliphatic hydroxyl groups excluding tert-OH is 1. The van der Waals surface area contributed by atoms with E-state index in [-0.39, 0.29) is 5.82 Å². The van der Waals surface area contributed by atoms with Gasteiger partial charge < -0.3 is 5.11 Å². The first-order valence-electron chi connectivity index (χ1n) is 5.60. The molecular formula is C14H13BrFNO. The Hall–Kier alpha value is -1.26. The molecule has 2 rings (SSSR count). The fourth-order valence-corrected chi connectivity index (χ4v) is 2.19. The second kappa shape index (κ2) is 5.59. The number of pyridine rings is 1. The molecule has 0 aliphatic carbocycles. The van der Waals surface area contributed by atoms with Gasteiger partial charge in [-0.3, -0.25) is 4.98 Å². The summed E-state index contributed by atoms with van der Waals surface area (Å²) in [6.07, 6.45) is 1.37. The molecule has 1 aromatic carbocycles. The van der Waals surface area contributed by atoms with Crippen LogP contribution in [-0.4, -0.2) is 10.1 Å².